The molecule has 5 aliphatic rings. The Morgan fingerprint density at radius 3 is 2.72 bits per heavy atom. The highest BCUT2D eigenvalue weighted by molar-refractivity contribution is 6.30. The second-order valence-electron chi connectivity index (χ2n) is 12.0. The van der Waals surface area contributed by atoms with E-state index in [1.165, 1.54) is 0 Å². The van der Waals surface area contributed by atoms with Gasteiger partial charge in [0.25, 0.3) is 0 Å². The minimum atomic E-state index is -1.15. The molecule has 1 aromatic rings. The highest BCUT2D eigenvalue weighted by Crippen LogP contribution is 2.70. The number of benzene rings is 1. The third-order valence-corrected chi connectivity index (χ3v) is 10.6. The van der Waals surface area contributed by atoms with Crippen molar-refractivity contribution in [3.63, 3.8) is 0 Å². The number of ketones is 2. The quantitative estimate of drug-likeness (QED) is 0.637. The minimum absolute atomic E-state index is 0.00907. The van der Waals surface area contributed by atoms with Crippen molar-refractivity contribution in [1.82, 2.24) is 5.06 Å². The molecule has 4 fully saturated rings. The number of aliphatic hydroxyl groups excluding tert-OH is 2. The summed E-state index contributed by atoms with van der Waals surface area (Å²) in [5.41, 5.74) is 0.0436. The van der Waals surface area contributed by atoms with Crippen LogP contribution < -0.4 is 0 Å². The molecule has 6 rings (SSSR count). The van der Waals surface area contributed by atoms with E-state index in [2.05, 4.69) is 13.8 Å². The summed E-state index contributed by atoms with van der Waals surface area (Å²) in [6.07, 6.45) is 7.73. The third kappa shape index (κ3) is 3.24. The maximum Gasteiger partial charge on any atom is 0.192 e. The highest BCUT2D eigenvalue weighted by atomic mass is 35.5. The number of carbonyl (C=O) groups excluding carboxylic acids is 2. The summed E-state index contributed by atoms with van der Waals surface area (Å²) < 4.78 is 0. The number of allylic oxidation sites excluding steroid dienone is 4. The summed E-state index contributed by atoms with van der Waals surface area (Å²) in [6, 6.07) is 7.60. The number of aliphatic hydroxyl groups is 2. The third-order valence-electron chi connectivity index (χ3n) is 10.4. The van der Waals surface area contributed by atoms with Gasteiger partial charge in [0, 0.05) is 40.8 Å². The van der Waals surface area contributed by atoms with E-state index in [0.29, 0.717) is 24.5 Å². The fourth-order valence-corrected chi connectivity index (χ4v) is 9.07. The van der Waals surface area contributed by atoms with Crippen molar-refractivity contribution in [3.05, 3.63) is 58.7 Å². The molecule has 4 aliphatic carbocycles. The molecule has 3 saturated carbocycles. The van der Waals surface area contributed by atoms with Crippen LogP contribution in [0.15, 0.2) is 48.1 Å². The van der Waals surface area contributed by atoms with Gasteiger partial charge < -0.3 is 10.2 Å². The maximum absolute atomic E-state index is 13.6. The molecule has 0 amide bonds. The Balaban J connectivity index is 1.34. The fourth-order valence-electron chi connectivity index (χ4n) is 8.95. The van der Waals surface area contributed by atoms with Crippen LogP contribution in [0.25, 0.3) is 0 Å². The largest absolute Gasteiger partial charge is 0.393 e. The zero-order chi connectivity index (χ0) is 25.5. The molecule has 0 bridgehead atoms. The average molecular weight is 512 g/mol. The van der Waals surface area contributed by atoms with Gasteiger partial charge in [0.2, 0.25) is 0 Å². The van der Waals surface area contributed by atoms with Gasteiger partial charge in [-0.05, 0) is 67.4 Å². The first-order valence-electron chi connectivity index (χ1n) is 13.1. The van der Waals surface area contributed by atoms with Crippen LogP contribution in [0.5, 0.6) is 0 Å². The van der Waals surface area contributed by atoms with Gasteiger partial charge in [-0.25, -0.2) is 0 Å². The fraction of sp³-hybridized carbons (Fsp3) is 0.586. The first-order chi connectivity index (χ1) is 17.1. The van der Waals surface area contributed by atoms with Crippen molar-refractivity contribution in [2.24, 2.45) is 34.5 Å². The highest BCUT2D eigenvalue weighted by Gasteiger charge is 2.75. The Bertz CT molecular complexity index is 1160. The van der Waals surface area contributed by atoms with E-state index in [1.807, 2.05) is 35.4 Å². The topological polar surface area (TPSA) is 87.1 Å². The Morgan fingerprint density at radius 1 is 1.25 bits per heavy atom. The normalized spacial score (nSPS) is 43.4. The van der Waals surface area contributed by atoms with Gasteiger partial charge in [-0.2, -0.15) is 5.06 Å². The predicted octanol–water partition coefficient (Wildman–Crippen LogP) is 3.89. The first kappa shape index (κ1) is 24.5. The smallest absolute Gasteiger partial charge is 0.192 e. The predicted molar refractivity (Wildman–Crippen MR) is 135 cm³/mol. The zero-order valence-electron chi connectivity index (χ0n) is 20.8. The summed E-state index contributed by atoms with van der Waals surface area (Å²) >= 11 is 6.05. The number of carbonyl (C=O) groups is 2. The molecule has 1 aromatic carbocycles. The Hall–Kier alpha value is -1.83. The second-order valence-corrected chi connectivity index (χ2v) is 12.4. The number of nitrogens with zero attached hydrogens (tertiary/aromatic N) is 1. The monoisotopic (exact) mass is 511 g/mol. The van der Waals surface area contributed by atoms with E-state index in [1.54, 1.807) is 12.2 Å². The van der Waals surface area contributed by atoms with Gasteiger partial charge in [-0.3, -0.25) is 14.4 Å². The van der Waals surface area contributed by atoms with E-state index in [9.17, 15) is 19.8 Å². The summed E-state index contributed by atoms with van der Waals surface area (Å²) in [5, 5.41) is 24.3. The average Bonchev–Trinajstić information content (AvgIpc) is 3.32. The van der Waals surface area contributed by atoms with Crippen LogP contribution in [-0.4, -0.2) is 51.7 Å². The summed E-state index contributed by atoms with van der Waals surface area (Å²) in [6.45, 7) is 4.80. The minimum Gasteiger partial charge on any atom is -0.393 e. The number of Topliss-reactive ketones (excluding diaryl/α,β-unsaturated/α-hetero) is 1. The lowest BCUT2D eigenvalue weighted by atomic mass is 9.46. The van der Waals surface area contributed by atoms with E-state index >= 15 is 0 Å². The van der Waals surface area contributed by atoms with Crippen molar-refractivity contribution in [3.8, 4) is 0 Å². The van der Waals surface area contributed by atoms with E-state index in [4.69, 9.17) is 16.4 Å². The first-order valence-corrected chi connectivity index (χ1v) is 13.4. The van der Waals surface area contributed by atoms with Gasteiger partial charge in [0.15, 0.2) is 17.2 Å². The van der Waals surface area contributed by atoms with Crippen molar-refractivity contribution in [2.75, 3.05) is 13.2 Å². The standard InChI is InChI=1S/C29H34ClNO5/c1-27-10-9-21(33)11-18(27)5-8-22-23-12-19-15-31(14-17-3-6-20(30)7-4-17)36-29(19,25(35)16-32)28(23,2)13-24(34)26(22)27/h3-4,6-7,9-11,19,22-24,26,32,34H,5,8,12-16H2,1-2H3. The van der Waals surface area contributed by atoms with Crippen molar-refractivity contribution in [2.45, 2.75) is 57.8 Å². The molecule has 1 heterocycles. The Kier molecular flexibility index (Phi) is 5.67. The van der Waals surface area contributed by atoms with Gasteiger partial charge in [0.05, 0.1) is 6.10 Å². The molecule has 7 heteroatoms. The van der Waals surface area contributed by atoms with Crippen LogP contribution in [0.4, 0.5) is 0 Å². The summed E-state index contributed by atoms with van der Waals surface area (Å²) in [4.78, 5) is 32.3. The lowest BCUT2D eigenvalue weighted by Crippen LogP contribution is -2.63. The van der Waals surface area contributed by atoms with Crippen LogP contribution in [0.2, 0.25) is 5.02 Å². The van der Waals surface area contributed by atoms with Gasteiger partial charge in [-0.1, -0.05) is 49.2 Å². The van der Waals surface area contributed by atoms with Crippen LogP contribution in [-0.2, 0) is 21.0 Å². The number of fused-ring (bicyclic) bond motifs is 7. The van der Waals surface area contributed by atoms with Crippen molar-refractivity contribution < 1.29 is 24.6 Å². The summed E-state index contributed by atoms with van der Waals surface area (Å²) in [7, 11) is 0. The maximum atomic E-state index is 13.6. The molecule has 0 spiro atoms. The molecule has 1 saturated heterocycles. The van der Waals surface area contributed by atoms with Gasteiger partial charge in [0.1, 0.15) is 6.61 Å². The molecule has 6 nitrogen and oxygen atoms in total. The number of hydrogen-bond acceptors (Lipinski definition) is 6. The Morgan fingerprint density at radius 2 is 2.00 bits per heavy atom. The van der Waals surface area contributed by atoms with Crippen molar-refractivity contribution in [1.29, 1.82) is 0 Å². The van der Waals surface area contributed by atoms with Crippen LogP contribution in [0, 0.1) is 34.5 Å². The molecule has 8 atom stereocenters. The number of rotatable bonds is 4. The number of halogens is 1. The molecule has 192 valence electrons. The molecule has 8 unspecified atom stereocenters. The van der Waals surface area contributed by atoms with Gasteiger partial charge >= 0.3 is 0 Å². The lowest BCUT2D eigenvalue weighted by Gasteiger charge is -2.59. The molecule has 0 radical (unpaired) electrons. The second kappa shape index (κ2) is 8.34. The number of hydroxylamine groups is 2. The molecule has 1 aliphatic heterocycles. The number of hydrogen-bond donors (Lipinski definition) is 2. The Labute approximate surface area is 216 Å². The zero-order valence-corrected chi connectivity index (χ0v) is 21.6. The van der Waals surface area contributed by atoms with E-state index < -0.39 is 23.7 Å². The molecule has 0 aromatic heterocycles. The molecular formula is C29H34ClNO5. The molecular weight excluding hydrogens is 478 g/mol. The summed E-state index contributed by atoms with van der Waals surface area (Å²) in [5.74, 6) is 0.0685. The SMILES string of the molecule is CC12C=CC(=O)C=C1CCC1C2C(O)CC2(C)C1CC1CN(Cc3ccc(Cl)cc3)OC12C(=O)CO. The van der Waals surface area contributed by atoms with Crippen molar-refractivity contribution >= 4 is 23.2 Å². The van der Waals surface area contributed by atoms with Crippen LogP contribution >= 0.6 is 11.6 Å². The van der Waals surface area contributed by atoms with E-state index in [0.717, 1.165) is 30.4 Å². The van der Waals surface area contributed by atoms with E-state index in [-0.39, 0.29) is 40.7 Å². The van der Waals surface area contributed by atoms with Gasteiger partial charge in [-0.15, -0.1) is 0 Å². The van der Waals surface area contributed by atoms with Crippen LogP contribution in [0.1, 0.15) is 45.1 Å². The lowest BCUT2D eigenvalue weighted by molar-refractivity contribution is -0.254. The van der Waals surface area contributed by atoms with Crippen LogP contribution in [0.3, 0.4) is 0 Å². The molecule has 36 heavy (non-hydrogen) atoms. The molecule has 2 N–H and O–H groups in total.